The summed E-state index contributed by atoms with van der Waals surface area (Å²) in [5.74, 6) is 0.658. The Morgan fingerprint density at radius 2 is 2.00 bits per heavy atom. The van der Waals surface area contributed by atoms with Gasteiger partial charge in [-0.15, -0.1) is 0 Å². The average molecular weight is 343 g/mol. The van der Waals surface area contributed by atoms with Crippen LogP contribution in [0, 0.1) is 6.92 Å². The Labute approximate surface area is 148 Å². The number of methoxy groups -OCH3 is 1. The van der Waals surface area contributed by atoms with Gasteiger partial charge in [0.05, 0.1) is 33.0 Å². The monoisotopic (exact) mass is 343 g/mol. The number of nitrogens with one attached hydrogen (secondary N) is 1. The van der Waals surface area contributed by atoms with E-state index in [0.717, 1.165) is 22.3 Å². The molecule has 2 atom stereocenters. The van der Waals surface area contributed by atoms with Crippen LogP contribution >= 0.6 is 0 Å². The molecule has 0 aliphatic carbocycles. The van der Waals surface area contributed by atoms with Crippen molar-refractivity contribution in [1.82, 2.24) is 5.32 Å². The minimum Gasteiger partial charge on any atom is -0.504 e. The molecule has 0 amide bonds. The van der Waals surface area contributed by atoms with Gasteiger partial charge in [-0.1, -0.05) is 36.4 Å². The van der Waals surface area contributed by atoms with Gasteiger partial charge in [0.15, 0.2) is 11.5 Å². The molecule has 3 rings (SSSR count). The summed E-state index contributed by atoms with van der Waals surface area (Å²) in [6.45, 7) is 2.86. The molecule has 1 aliphatic heterocycles. The lowest BCUT2D eigenvalue weighted by molar-refractivity contribution is 0.0862. The van der Waals surface area contributed by atoms with Gasteiger partial charge in [0.25, 0.3) is 0 Å². The third kappa shape index (κ3) is 3.79. The number of aromatic hydroxyl groups is 1. The quantitative estimate of drug-likeness (QED) is 0.752. The van der Waals surface area contributed by atoms with Crippen LogP contribution in [0.25, 0.3) is 0 Å². The predicted octanol–water partition coefficient (Wildman–Crippen LogP) is 2.47. The third-order valence-electron chi connectivity index (χ3n) is 4.64. The Hall–Kier alpha value is -2.08. The van der Waals surface area contributed by atoms with Crippen molar-refractivity contribution in [1.29, 1.82) is 0 Å². The van der Waals surface area contributed by atoms with Crippen molar-refractivity contribution < 1.29 is 19.7 Å². The van der Waals surface area contributed by atoms with Gasteiger partial charge in [-0.2, -0.15) is 0 Å². The van der Waals surface area contributed by atoms with Crippen LogP contribution in [-0.4, -0.2) is 36.6 Å². The number of phenolic OH excluding ortho intramolecular Hbond substituents is 1. The molecule has 2 aromatic rings. The molecule has 3 N–H and O–H groups in total. The Kier molecular flexibility index (Phi) is 5.58. The summed E-state index contributed by atoms with van der Waals surface area (Å²) in [5.41, 5.74) is 3.83. The van der Waals surface area contributed by atoms with Gasteiger partial charge in [-0.25, -0.2) is 0 Å². The van der Waals surface area contributed by atoms with Gasteiger partial charge in [0.2, 0.25) is 0 Å². The first-order valence-corrected chi connectivity index (χ1v) is 8.52. The molecule has 1 aliphatic rings. The lowest BCUT2D eigenvalue weighted by Crippen LogP contribution is -2.43. The molecule has 0 fully saturated rings. The number of aliphatic hydroxyl groups excluding tert-OH is 1. The van der Waals surface area contributed by atoms with Crippen molar-refractivity contribution in [3.8, 4) is 11.5 Å². The van der Waals surface area contributed by atoms with E-state index in [1.165, 1.54) is 0 Å². The van der Waals surface area contributed by atoms with Crippen LogP contribution in [0.5, 0.6) is 11.5 Å². The maximum Gasteiger partial charge on any atom is 0.163 e. The molecule has 0 radical (unpaired) electrons. The highest BCUT2D eigenvalue weighted by Crippen LogP contribution is 2.41. The van der Waals surface area contributed by atoms with Crippen LogP contribution < -0.4 is 10.1 Å². The SMILES string of the molecule is COc1c(C)cc2c(c1O)[C@H](COCc1ccccc1)N[C@H](CO)C2. The molecule has 5 heteroatoms. The van der Waals surface area contributed by atoms with Crippen LogP contribution in [0.15, 0.2) is 36.4 Å². The molecule has 25 heavy (non-hydrogen) atoms. The molecule has 2 aromatic carbocycles. The highest BCUT2D eigenvalue weighted by molar-refractivity contribution is 5.56. The molecule has 0 spiro atoms. The molecule has 134 valence electrons. The number of aliphatic hydroxyl groups is 1. The lowest BCUT2D eigenvalue weighted by Gasteiger charge is -2.33. The Morgan fingerprint density at radius 3 is 2.68 bits per heavy atom. The molecule has 0 unspecified atom stereocenters. The second kappa shape index (κ2) is 7.87. The van der Waals surface area contributed by atoms with E-state index in [-0.39, 0.29) is 24.4 Å². The maximum atomic E-state index is 10.7. The minimum atomic E-state index is -0.195. The Morgan fingerprint density at radius 1 is 1.24 bits per heavy atom. The first-order valence-electron chi connectivity index (χ1n) is 8.52. The van der Waals surface area contributed by atoms with Crippen LogP contribution in [0.4, 0.5) is 0 Å². The topological polar surface area (TPSA) is 71.0 Å². The predicted molar refractivity (Wildman–Crippen MR) is 95.9 cm³/mol. The average Bonchev–Trinajstić information content (AvgIpc) is 2.62. The number of hydrogen-bond acceptors (Lipinski definition) is 5. The smallest absolute Gasteiger partial charge is 0.163 e. The molecule has 0 saturated carbocycles. The number of benzene rings is 2. The normalized spacial score (nSPS) is 19.5. The fourth-order valence-electron chi connectivity index (χ4n) is 3.49. The molecule has 1 heterocycles. The summed E-state index contributed by atoms with van der Waals surface area (Å²) in [6.07, 6.45) is 0.666. The number of phenols is 1. The minimum absolute atomic E-state index is 0.0421. The van der Waals surface area contributed by atoms with Crippen LogP contribution in [0.3, 0.4) is 0 Å². The van der Waals surface area contributed by atoms with E-state index >= 15 is 0 Å². The van der Waals surface area contributed by atoms with Crippen molar-refractivity contribution in [3.05, 3.63) is 58.7 Å². The number of ether oxygens (including phenoxy) is 2. The van der Waals surface area contributed by atoms with E-state index in [2.05, 4.69) is 5.32 Å². The first-order chi connectivity index (χ1) is 12.1. The summed E-state index contributed by atoms with van der Waals surface area (Å²) >= 11 is 0. The summed E-state index contributed by atoms with van der Waals surface area (Å²) in [4.78, 5) is 0. The van der Waals surface area contributed by atoms with Crippen LogP contribution in [0.1, 0.15) is 28.3 Å². The van der Waals surface area contributed by atoms with Crippen molar-refractivity contribution in [3.63, 3.8) is 0 Å². The molecule has 5 nitrogen and oxygen atoms in total. The summed E-state index contributed by atoms with van der Waals surface area (Å²) in [5, 5.41) is 23.6. The summed E-state index contributed by atoms with van der Waals surface area (Å²) < 4.78 is 11.2. The van der Waals surface area contributed by atoms with E-state index < -0.39 is 0 Å². The van der Waals surface area contributed by atoms with Gasteiger partial charge in [0, 0.05) is 11.6 Å². The van der Waals surface area contributed by atoms with Gasteiger partial charge < -0.3 is 25.0 Å². The molecule has 0 bridgehead atoms. The van der Waals surface area contributed by atoms with Crippen molar-refractivity contribution in [2.45, 2.75) is 32.0 Å². The number of hydrogen-bond donors (Lipinski definition) is 3. The van der Waals surface area contributed by atoms with Crippen molar-refractivity contribution in [2.24, 2.45) is 0 Å². The largest absolute Gasteiger partial charge is 0.504 e. The van der Waals surface area contributed by atoms with E-state index in [0.29, 0.717) is 25.4 Å². The summed E-state index contributed by atoms with van der Waals surface area (Å²) in [7, 11) is 1.56. The molecular weight excluding hydrogens is 318 g/mol. The molecular formula is C20H25NO4. The maximum absolute atomic E-state index is 10.7. The van der Waals surface area contributed by atoms with Gasteiger partial charge >= 0.3 is 0 Å². The van der Waals surface area contributed by atoms with E-state index in [9.17, 15) is 10.2 Å². The van der Waals surface area contributed by atoms with Crippen LogP contribution in [-0.2, 0) is 17.8 Å². The van der Waals surface area contributed by atoms with E-state index in [4.69, 9.17) is 9.47 Å². The zero-order chi connectivity index (χ0) is 17.8. The molecule has 0 saturated heterocycles. The molecule has 0 aromatic heterocycles. The Balaban J connectivity index is 1.82. The second-order valence-electron chi connectivity index (χ2n) is 6.45. The number of rotatable bonds is 6. The highest BCUT2D eigenvalue weighted by atomic mass is 16.5. The fourth-order valence-corrected chi connectivity index (χ4v) is 3.49. The lowest BCUT2D eigenvalue weighted by atomic mass is 9.88. The number of aryl methyl sites for hydroxylation is 1. The third-order valence-corrected chi connectivity index (χ3v) is 4.64. The fraction of sp³-hybridized carbons (Fsp3) is 0.400. The van der Waals surface area contributed by atoms with E-state index in [1.54, 1.807) is 7.11 Å². The van der Waals surface area contributed by atoms with Crippen molar-refractivity contribution >= 4 is 0 Å². The van der Waals surface area contributed by atoms with Crippen LogP contribution in [0.2, 0.25) is 0 Å². The van der Waals surface area contributed by atoms with Gasteiger partial charge in [-0.05, 0) is 30.0 Å². The second-order valence-corrected chi connectivity index (χ2v) is 6.45. The standard InChI is InChI=1S/C20H25NO4/c1-13-8-15-9-16(10-22)21-17(18(15)19(23)20(13)24-2)12-25-11-14-6-4-3-5-7-14/h3-8,16-17,21-23H,9-12H2,1-2H3/t16-,17-/m0/s1. The Bertz CT molecular complexity index is 717. The zero-order valence-corrected chi connectivity index (χ0v) is 14.7. The number of fused-ring (bicyclic) bond motifs is 1. The summed E-state index contributed by atoms with van der Waals surface area (Å²) in [6, 6.07) is 11.7. The highest BCUT2D eigenvalue weighted by Gasteiger charge is 2.31. The zero-order valence-electron chi connectivity index (χ0n) is 14.7. The van der Waals surface area contributed by atoms with Gasteiger partial charge in [0.1, 0.15) is 0 Å². The van der Waals surface area contributed by atoms with Crippen molar-refractivity contribution in [2.75, 3.05) is 20.3 Å². The van der Waals surface area contributed by atoms with Gasteiger partial charge in [-0.3, -0.25) is 0 Å². The first kappa shape index (κ1) is 17.7. The van der Waals surface area contributed by atoms with E-state index in [1.807, 2.05) is 43.3 Å².